The summed E-state index contributed by atoms with van der Waals surface area (Å²) in [6.07, 6.45) is 0. The highest BCUT2D eigenvalue weighted by molar-refractivity contribution is 5.93. The van der Waals surface area contributed by atoms with Crippen molar-refractivity contribution in [1.29, 1.82) is 0 Å². The van der Waals surface area contributed by atoms with Gasteiger partial charge in [-0.15, -0.1) is 0 Å². The summed E-state index contributed by atoms with van der Waals surface area (Å²) in [4.78, 5) is 16.6. The van der Waals surface area contributed by atoms with Crippen LogP contribution in [0, 0.1) is 12.7 Å². The number of hydrogen-bond donors (Lipinski definition) is 2. The van der Waals surface area contributed by atoms with Crippen molar-refractivity contribution in [2.45, 2.75) is 6.92 Å². The number of phenolic OH excluding ortho intramolecular Hbond substituents is 1. The number of hydrogen-bond acceptors (Lipinski definition) is 5. The highest BCUT2D eigenvalue weighted by atomic mass is 19.1. The molecule has 0 fully saturated rings. The zero-order chi connectivity index (χ0) is 20.4. The maximum atomic E-state index is 12.9. The van der Waals surface area contributed by atoms with Crippen LogP contribution >= 0.6 is 0 Å². The van der Waals surface area contributed by atoms with Gasteiger partial charge in [-0.25, -0.2) is 9.37 Å². The summed E-state index contributed by atoms with van der Waals surface area (Å²) in [7, 11) is 0. The normalized spacial score (nSPS) is 10.8. The molecule has 0 unspecified atom stereocenters. The van der Waals surface area contributed by atoms with E-state index >= 15 is 0 Å². The Bertz CT molecular complexity index is 1190. The van der Waals surface area contributed by atoms with E-state index in [0.29, 0.717) is 28.1 Å². The SMILES string of the molecule is Cc1ccc2oc(-c3cc(NC(=O)COc4ccc(F)cc4)ccc3O)nc2c1. The number of phenols is 1. The van der Waals surface area contributed by atoms with Gasteiger partial charge in [0.2, 0.25) is 5.89 Å². The van der Waals surface area contributed by atoms with Crippen molar-refractivity contribution in [3.8, 4) is 23.0 Å². The van der Waals surface area contributed by atoms with Crippen LogP contribution in [0.25, 0.3) is 22.6 Å². The van der Waals surface area contributed by atoms with Crippen molar-refractivity contribution in [2.75, 3.05) is 11.9 Å². The number of benzene rings is 3. The number of ether oxygens (including phenoxy) is 1. The number of oxazole rings is 1. The van der Waals surface area contributed by atoms with Crippen LogP contribution < -0.4 is 10.1 Å². The molecule has 1 heterocycles. The zero-order valence-corrected chi connectivity index (χ0v) is 15.5. The topological polar surface area (TPSA) is 84.6 Å². The van der Waals surface area contributed by atoms with Gasteiger partial charge in [0.05, 0.1) is 5.56 Å². The van der Waals surface area contributed by atoms with Crippen LogP contribution in [0.2, 0.25) is 0 Å². The van der Waals surface area contributed by atoms with E-state index in [-0.39, 0.29) is 24.1 Å². The van der Waals surface area contributed by atoms with Crippen molar-refractivity contribution in [2.24, 2.45) is 0 Å². The first-order valence-corrected chi connectivity index (χ1v) is 8.87. The standard InChI is InChI=1S/C22H17FN2O4/c1-13-2-9-20-18(10-13)25-22(29-20)17-11-15(5-8-19(17)26)24-21(27)12-28-16-6-3-14(23)4-7-16/h2-11,26H,12H2,1H3,(H,24,27). The molecule has 2 N–H and O–H groups in total. The van der Waals surface area contributed by atoms with Crippen LogP contribution in [0.1, 0.15) is 5.56 Å². The molecular formula is C22H17FN2O4. The van der Waals surface area contributed by atoms with Crippen LogP contribution in [0.3, 0.4) is 0 Å². The quantitative estimate of drug-likeness (QED) is 0.482. The van der Waals surface area contributed by atoms with Crippen molar-refractivity contribution in [3.63, 3.8) is 0 Å². The highest BCUT2D eigenvalue weighted by Gasteiger charge is 2.14. The molecule has 0 radical (unpaired) electrons. The molecule has 0 spiro atoms. The lowest BCUT2D eigenvalue weighted by Gasteiger charge is -2.09. The van der Waals surface area contributed by atoms with Gasteiger partial charge < -0.3 is 19.6 Å². The van der Waals surface area contributed by atoms with Crippen molar-refractivity contribution >= 4 is 22.7 Å². The van der Waals surface area contributed by atoms with Crippen molar-refractivity contribution in [1.82, 2.24) is 4.98 Å². The fraction of sp³-hybridized carbons (Fsp3) is 0.0909. The number of fused-ring (bicyclic) bond motifs is 1. The van der Waals surface area contributed by atoms with E-state index in [4.69, 9.17) is 9.15 Å². The summed E-state index contributed by atoms with van der Waals surface area (Å²) in [6, 6.07) is 15.6. The van der Waals surface area contributed by atoms with E-state index in [1.807, 2.05) is 25.1 Å². The number of carbonyl (C=O) groups is 1. The maximum absolute atomic E-state index is 12.9. The second-order valence-electron chi connectivity index (χ2n) is 6.51. The molecule has 0 saturated heterocycles. The van der Waals surface area contributed by atoms with Crippen molar-refractivity contribution in [3.05, 3.63) is 72.0 Å². The first kappa shape index (κ1) is 18.5. The van der Waals surface area contributed by atoms with Crippen LogP contribution in [0.15, 0.2) is 65.1 Å². The lowest BCUT2D eigenvalue weighted by molar-refractivity contribution is -0.118. The van der Waals surface area contributed by atoms with Gasteiger partial charge in [-0.05, 0) is 67.1 Å². The Morgan fingerprint density at radius 1 is 1.14 bits per heavy atom. The Balaban J connectivity index is 1.50. The average Bonchev–Trinajstić information content (AvgIpc) is 3.12. The minimum atomic E-state index is -0.404. The minimum absolute atomic E-state index is 0.0196. The summed E-state index contributed by atoms with van der Waals surface area (Å²) in [6.45, 7) is 1.71. The largest absolute Gasteiger partial charge is 0.507 e. The summed E-state index contributed by atoms with van der Waals surface area (Å²) >= 11 is 0. The highest BCUT2D eigenvalue weighted by Crippen LogP contribution is 2.33. The summed E-state index contributed by atoms with van der Waals surface area (Å²) < 4.78 is 24.0. The first-order valence-electron chi connectivity index (χ1n) is 8.87. The Kier molecular flexibility index (Phi) is 4.87. The number of halogens is 1. The third-order valence-electron chi connectivity index (χ3n) is 4.24. The van der Waals surface area contributed by atoms with E-state index in [0.717, 1.165) is 5.56 Å². The molecule has 1 amide bonds. The zero-order valence-electron chi connectivity index (χ0n) is 15.5. The third kappa shape index (κ3) is 4.19. The molecule has 6 nitrogen and oxygen atoms in total. The van der Waals surface area contributed by atoms with Crippen LogP contribution in [0.5, 0.6) is 11.5 Å². The lowest BCUT2D eigenvalue weighted by atomic mass is 10.1. The van der Waals surface area contributed by atoms with Gasteiger partial charge in [0.25, 0.3) is 5.91 Å². The smallest absolute Gasteiger partial charge is 0.262 e. The first-order chi connectivity index (χ1) is 14.0. The Morgan fingerprint density at radius 3 is 2.72 bits per heavy atom. The van der Waals surface area contributed by atoms with Crippen LogP contribution in [-0.2, 0) is 4.79 Å². The second kappa shape index (κ2) is 7.63. The lowest BCUT2D eigenvalue weighted by Crippen LogP contribution is -2.20. The van der Waals surface area contributed by atoms with E-state index in [1.165, 1.54) is 30.3 Å². The molecule has 4 aromatic rings. The molecule has 29 heavy (non-hydrogen) atoms. The number of aryl methyl sites for hydroxylation is 1. The number of aromatic hydroxyl groups is 1. The van der Waals surface area contributed by atoms with E-state index in [2.05, 4.69) is 10.3 Å². The van der Waals surface area contributed by atoms with Crippen LogP contribution in [-0.4, -0.2) is 22.6 Å². The van der Waals surface area contributed by atoms with Crippen LogP contribution in [0.4, 0.5) is 10.1 Å². The molecule has 0 aliphatic carbocycles. The monoisotopic (exact) mass is 392 g/mol. The third-order valence-corrected chi connectivity index (χ3v) is 4.24. The van der Waals surface area contributed by atoms with Gasteiger partial charge in [-0.1, -0.05) is 6.07 Å². The number of carbonyl (C=O) groups excluding carboxylic acids is 1. The molecule has 0 bridgehead atoms. The number of amides is 1. The van der Waals surface area contributed by atoms with E-state index in [9.17, 15) is 14.3 Å². The van der Waals surface area contributed by atoms with E-state index in [1.54, 1.807) is 12.1 Å². The number of rotatable bonds is 5. The predicted molar refractivity (Wildman–Crippen MR) is 106 cm³/mol. The molecule has 4 rings (SSSR count). The fourth-order valence-corrected chi connectivity index (χ4v) is 2.81. The number of aromatic nitrogens is 1. The molecule has 7 heteroatoms. The minimum Gasteiger partial charge on any atom is -0.507 e. The summed E-state index contributed by atoms with van der Waals surface area (Å²) in [5.74, 6) is -0.169. The fourth-order valence-electron chi connectivity index (χ4n) is 2.81. The van der Waals surface area contributed by atoms with Gasteiger partial charge in [0.1, 0.15) is 22.8 Å². The van der Waals surface area contributed by atoms with Gasteiger partial charge in [-0.2, -0.15) is 0 Å². The van der Waals surface area contributed by atoms with Crippen molar-refractivity contribution < 1.29 is 23.4 Å². The predicted octanol–water partition coefficient (Wildman–Crippen LogP) is 4.67. The molecule has 0 aliphatic heterocycles. The molecule has 0 saturated carbocycles. The molecule has 0 aliphatic rings. The summed E-state index contributed by atoms with van der Waals surface area (Å²) in [5, 5.41) is 12.9. The molecule has 3 aromatic carbocycles. The molecule has 0 atom stereocenters. The molecule has 146 valence electrons. The van der Waals surface area contributed by atoms with Gasteiger partial charge in [0.15, 0.2) is 12.2 Å². The number of nitrogens with one attached hydrogen (secondary N) is 1. The molecular weight excluding hydrogens is 375 g/mol. The molecule has 1 aromatic heterocycles. The Labute approximate surface area is 165 Å². The number of anilines is 1. The second-order valence-corrected chi connectivity index (χ2v) is 6.51. The average molecular weight is 392 g/mol. The van der Waals surface area contributed by atoms with E-state index < -0.39 is 5.91 Å². The summed E-state index contributed by atoms with van der Waals surface area (Å²) in [5.41, 5.74) is 3.14. The number of nitrogens with zero attached hydrogens (tertiary/aromatic N) is 1. The van der Waals surface area contributed by atoms with Gasteiger partial charge >= 0.3 is 0 Å². The Morgan fingerprint density at radius 2 is 1.93 bits per heavy atom. The van der Waals surface area contributed by atoms with Gasteiger partial charge in [-0.3, -0.25) is 4.79 Å². The van der Waals surface area contributed by atoms with Gasteiger partial charge in [0, 0.05) is 5.69 Å². The Hall–Kier alpha value is -3.87. The maximum Gasteiger partial charge on any atom is 0.262 e.